The van der Waals surface area contributed by atoms with Crippen LogP contribution in [-0.4, -0.2) is 50.6 Å². The summed E-state index contributed by atoms with van der Waals surface area (Å²) in [6, 6.07) is 0.697. The van der Waals surface area contributed by atoms with E-state index in [4.69, 9.17) is 0 Å². The molecule has 1 aliphatic carbocycles. The third-order valence-electron chi connectivity index (χ3n) is 3.61. The molecule has 0 atom stereocenters. The van der Waals surface area contributed by atoms with E-state index in [1.54, 1.807) is 0 Å². The van der Waals surface area contributed by atoms with E-state index in [1.165, 1.54) is 32.1 Å². The van der Waals surface area contributed by atoms with Crippen LogP contribution in [0.1, 0.15) is 38.5 Å². The molecule has 0 bridgehead atoms. The van der Waals surface area contributed by atoms with Crippen LogP contribution in [0.5, 0.6) is 0 Å². The second-order valence-electron chi connectivity index (χ2n) is 5.17. The van der Waals surface area contributed by atoms with Crippen molar-refractivity contribution in [3.8, 4) is 0 Å². The number of hydrogen-bond acceptors (Lipinski definition) is 3. The van der Waals surface area contributed by atoms with Crippen LogP contribution in [0.3, 0.4) is 0 Å². The fraction of sp³-hybridized carbons (Fsp3) is 1.00. The summed E-state index contributed by atoms with van der Waals surface area (Å²) < 4.78 is 38.7. The Morgan fingerprint density at radius 3 is 2.47 bits per heavy atom. The van der Waals surface area contributed by atoms with Crippen LogP contribution in [0.15, 0.2) is 0 Å². The van der Waals surface area contributed by atoms with Crippen LogP contribution in [0.4, 0.5) is 13.2 Å². The summed E-state index contributed by atoms with van der Waals surface area (Å²) in [4.78, 5) is 2.38. The highest BCUT2D eigenvalue weighted by atomic mass is 19.4. The minimum atomic E-state index is -4.51. The lowest BCUT2D eigenvalue weighted by molar-refractivity contribution is -0.323. The molecule has 3 nitrogen and oxygen atoms in total. The molecule has 19 heavy (non-hydrogen) atoms. The summed E-state index contributed by atoms with van der Waals surface area (Å²) >= 11 is 0. The van der Waals surface area contributed by atoms with Crippen LogP contribution in [-0.2, 0) is 4.74 Å². The summed E-state index contributed by atoms with van der Waals surface area (Å²) in [5.74, 6) is 0. The maximum atomic E-state index is 11.7. The highest BCUT2D eigenvalue weighted by molar-refractivity contribution is 4.73. The number of nitrogens with zero attached hydrogens (tertiary/aromatic N) is 1. The van der Waals surface area contributed by atoms with E-state index in [1.807, 2.05) is 0 Å². The average Bonchev–Trinajstić information content (AvgIpc) is 2.37. The monoisotopic (exact) mass is 282 g/mol. The van der Waals surface area contributed by atoms with Crippen LogP contribution in [0, 0.1) is 0 Å². The summed E-state index contributed by atoms with van der Waals surface area (Å²) in [7, 11) is 2.14. The number of hydrogen-bond donors (Lipinski definition) is 1. The van der Waals surface area contributed by atoms with Crippen LogP contribution in [0.2, 0.25) is 0 Å². The first-order valence-corrected chi connectivity index (χ1v) is 7.10. The van der Waals surface area contributed by atoms with E-state index in [2.05, 4.69) is 22.0 Å². The SMILES string of the molecule is CN(CCCNCCOC(F)(F)F)C1CCCCC1. The van der Waals surface area contributed by atoms with Crippen molar-refractivity contribution in [2.45, 2.75) is 50.9 Å². The molecule has 0 aromatic rings. The molecule has 1 rings (SSSR count). The van der Waals surface area contributed by atoms with Gasteiger partial charge in [-0.25, -0.2) is 0 Å². The van der Waals surface area contributed by atoms with Gasteiger partial charge in [0, 0.05) is 12.6 Å². The lowest BCUT2D eigenvalue weighted by Crippen LogP contribution is -2.35. The van der Waals surface area contributed by atoms with Gasteiger partial charge in [-0.15, -0.1) is 13.2 Å². The Bertz CT molecular complexity index is 230. The molecule has 0 aromatic heterocycles. The van der Waals surface area contributed by atoms with Gasteiger partial charge in [0.2, 0.25) is 0 Å². The molecule has 1 fully saturated rings. The van der Waals surface area contributed by atoms with E-state index in [-0.39, 0.29) is 13.2 Å². The second-order valence-corrected chi connectivity index (χ2v) is 5.17. The van der Waals surface area contributed by atoms with E-state index in [0.717, 1.165) is 19.5 Å². The van der Waals surface area contributed by atoms with Crippen molar-refractivity contribution in [1.29, 1.82) is 0 Å². The van der Waals surface area contributed by atoms with E-state index in [0.29, 0.717) is 6.04 Å². The molecule has 1 saturated carbocycles. The average molecular weight is 282 g/mol. The Balaban J connectivity index is 1.92. The molecule has 0 heterocycles. The molecule has 0 saturated heterocycles. The molecule has 0 radical (unpaired) electrons. The Labute approximate surface area is 113 Å². The number of alkyl halides is 3. The largest absolute Gasteiger partial charge is 0.522 e. The van der Waals surface area contributed by atoms with Crippen molar-refractivity contribution in [1.82, 2.24) is 10.2 Å². The predicted octanol–water partition coefficient (Wildman–Crippen LogP) is 2.77. The first kappa shape index (κ1) is 16.7. The summed E-state index contributed by atoms with van der Waals surface area (Å²) in [5, 5.41) is 2.96. The van der Waals surface area contributed by atoms with Crippen molar-refractivity contribution in [3.63, 3.8) is 0 Å². The van der Waals surface area contributed by atoms with E-state index >= 15 is 0 Å². The van der Waals surface area contributed by atoms with Gasteiger partial charge in [-0.05, 0) is 39.4 Å². The Hall–Kier alpha value is -0.330. The molecule has 114 valence electrons. The third kappa shape index (κ3) is 8.44. The Morgan fingerprint density at radius 2 is 1.84 bits per heavy atom. The van der Waals surface area contributed by atoms with Gasteiger partial charge >= 0.3 is 6.36 Å². The predicted molar refractivity (Wildman–Crippen MR) is 69.0 cm³/mol. The number of ether oxygens (including phenoxy) is 1. The highest BCUT2D eigenvalue weighted by Gasteiger charge is 2.28. The Kier molecular flexibility index (Phi) is 7.71. The first-order chi connectivity index (χ1) is 8.99. The molecule has 0 aromatic carbocycles. The minimum Gasteiger partial charge on any atom is -0.314 e. The summed E-state index contributed by atoms with van der Waals surface area (Å²) in [6.45, 7) is 1.66. The van der Waals surface area contributed by atoms with Gasteiger partial charge in [-0.1, -0.05) is 19.3 Å². The molecule has 0 unspecified atom stereocenters. The standard InChI is InChI=1S/C13H25F3N2O/c1-18(12-6-3-2-4-7-12)10-5-8-17-9-11-19-13(14,15)16/h12,17H,2-11H2,1H3. The molecule has 6 heteroatoms. The van der Waals surface area contributed by atoms with Crippen LogP contribution in [0.25, 0.3) is 0 Å². The van der Waals surface area contributed by atoms with E-state index in [9.17, 15) is 13.2 Å². The quantitative estimate of drug-likeness (QED) is 0.693. The normalized spacial score (nSPS) is 18.2. The van der Waals surface area contributed by atoms with Crippen molar-refractivity contribution in [3.05, 3.63) is 0 Å². The number of nitrogens with one attached hydrogen (secondary N) is 1. The third-order valence-corrected chi connectivity index (χ3v) is 3.61. The van der Waals surface area contributed by atoms with E-state index < -0.39 is 6.36 Å². The van der Waals surface area contributed by atoms with Gasteiger partial charge in [0.05, 0.1) is 6.61 Å². The fourth-order valence-electron chi connectivity index (χ4n) is 2.52. The van der Waals surface area contributed by atoms with Gasteiger partial charge in [-0.2, -0.15) is 0 Å². The van der Waals surface area contributed by atoms with Crippen molar-refractivity contribution in [2.75, 3.05) is 33.3 Å². The highest BCUT2D eigenvalue weighted by Crippen LogP contribution is 2.21. The molecule has 0 aliphatic heterocycles. The molecular formula is C13H25F3N2O. The first-order valence-electron chi connectivity index (χ1n) is 7.10. The topological polar surface area (TPSA) is 24.5 Å². The van der Waals surface area contributed by atoms with Gasteiger partial charge in [0.15, 0.2) is 0 Å². The van der Waals surface area contributed by atoms with Gasteiger partial charge in [0.25, 0.3) is 0 Å². The fourth-order valence-corrected chi connectivity index (χ4v) is 2.52. The molecular weight excluding hydrogens is 257 g/mol. The lowest BCUT2D eigenvalue weighted by atomic mass is 9.94. The van der Waals surface area contributed by atoms with Crippen molar-refractivity contribution < 1.29 is 17.9 Å². The maximum absolute atomic E-state index is 11.7. The number of halogens is 3. The zero-order valence-corrected chi connectivity index (χ0v) is 11.6. The maximum Gasteiger partial charge on any atom is 0.522 e. The van der Waals surface area contributed by atoms with Gasteiger partial charge in [0.1, 0.15) is 0 Å². The zero-order valence-electron chi connectivity index (χ0n) is 11.6. The minimum absolute atomic E-state index is 0.243. The summed E-state index contributed by atoms with van der Waals surface area (Å²) in [6.07, 6.45) is 3.00. The smallest absolute Gasteiger partial charge is 0.314 e. The van der Waals surface area contributed by atoms with Gasteiger partial charge in [-0.3, -0.25) is 4.74 Å². The van der Waals surface area contributed by atoms with Crippen LogP contribution < -0.4 is 5.32 Å². The lowest BCUT2D eigenvalue weighted by Gasteiger charge is -2.31. The zero-order chi connectivity index (χ0) is 14.1. The molecule has 0 amide bonds. The van der Waals surface area contributed by atoms with Gasteiger partial charge < -0.3 is 10.2 Å². The van der Waals surface area contributed by atoms with Crippen molar-refractivity contribution in [2.24, 2.45) is 0 Å². The summed E-state index contributed by atoms with van der Waals surface area (Å²) in [5.41, 5.74) is 0. The number of rotatable bonds is 8. The molecule has 0 spiro atoms. The molecule has 1 aliphatic rings. The van der Waals surface area contributed by atoms with Crippen molar-refractivity contribution >= 4 is 0 Å². The molecule has 1 N–H and O–H groups in total. The Morgan fingerprint density at radius 1 is 1.16 bits per heavy atom. The second kappa shape index (κ2) is 8.76. The van der Waals surface area contributed by atoms with Crippen LogP contribution >= 0.6 is 0 Å².